The molecule has 1 aromatic heterocycles. The predicted molar refractivity (Wildman–Crippen MR) is 108 cm³/mol. The van der Waals surface area contributed by atoms with Crippen molar-refractivity contribution < 1.29 is 9.32 Å². The number of hydrogen-bond donors (Lipinski definition) is 0. The Morgan fingerprint density at radius 1 is 1.11 bits per heavy atom. The Kier molecular flexibility index (Phi) is 4.56. The number of carbonyl (C=O) groups is 1. The Morgan fingerprint density at radius 3 is 2.59 bits per heavy atom. The zero-order chi connectivity index (χ0) is 19.0. The fourth-order valence-corrected chi connectivity index (χ4v) is 3.68. The monoisotopic (exact) mass is 360 g/mol. The Balaban J connectivity index is 1.61. The fourth-order valence-electron chi connectivity index (χ4n) is 3.68. The molecule has 1 aliphatic rings. The van der Waals surface area contributed by atoms with E-state index in [9.17, 15) is 4.79 Å². The molecule has 1 amide bonds. The highest BCUT2D eigenvalue weighted by Gasteiger charge is 2.24. The van der Waals surface area contributed by atoms with Gasteiger partial charge in [-0.15, -0.1) is 0 Å². The van der Waals surface area contributed by atoms with Crippen LogP contribution in [0, 0.1) is 5.92 Å². The molecule has 4 heteroatoms. The topological polar surface area (TPSA) is 46.3 Å². The van der Waals surface area contributed by atoms with Gasteiger partial charge in [-0.2, -0.15) is 0 Å². The maximum atomic E-state index is 12.3. The molecule has 0 fully saturated rings. The molecule has 3 aromatic rings. The number of fused-ring (bicyclic) bond motifs is 3. The minimum atomic E-state index is 0.131. The highest BCUT2D eigenvalue weighted by Crippen LogP contribution is 2.38. The predicted octanol–water partition coefficient (Wildman–Crippen LogP) is 5.12. The highest BCUT2D eigenvalue weighted by molar-refractivity contribution is 5.93. The van der Waals surface area contributed by atoms with Crippen molar-refractivity contribution in [1.29, 1.82) is 0 Å². The van der Waals surface area contributed by atoms with Gasteiger partial charge in [0.05, 0.1) is 0 Å². The Morgan fingerprint density at radius 2 is 1.85 bits per heavy atom. The van der Waals surface area contributed by atoms with Crippen molar-refractivity contribution in [3.05, 3.63) is 59.7 Å². The van der Waals surface area contributed by atoms with E-state index < -0.39 is 0 Å². The van der Waals surface area contributed by atoms with Gasteiger partial charge in [-0.1, -0.05) is 43.3 Å². The Bertz CT molecular complexity index is 970. The Labute approximate surface area is 159 Å². The van der Waals surface area contributed by atoms with Gasteiger partial charge in [-0.3, -0.25) is 4.79 Å². The van der Waals surface area contributed by atoms with Gasteiger partial charge in [-0.25, -0.2) is 0 Å². The van der Waals surface area contributed by atoms with Gasteiger partial charge in [0.1, 0.15) is 5.69 Å². The molecule has 0 N–H and O–H groups in total. The fraction of sp³-hybridized carbons (Fsp3) is 0.304. The number of anilines is 1. The van der Waals surface area contributed by atoms with E-state index >= 15 is 0 Å². The Hall–Kier alpha value is -2.88. The van der Waals surface area contributed by atoms with Crippen LogP contribution in [0.15, 0.2) is 53.1 Å². The van der Waals surface area contributed by atoms with Crippen LogP contribution in [-0.4, -0.2) is 18.1 Å². The third-order valence-electron chi connectivity index (χ3n) is 5.18. The molecule has 1 heterocycles. The first kappa shape index (κ1) is 17.5. The van der Waals surface area contributed by atoms with Crippen molar-refractivity contribution in [2.75, 3.05) is 11.9 Å². The molecule has 0 radical (unpaired) electrons. The van der Waals surface area contributed by atoms with E-state index in [1.807, 2.05) is 37.4 Å². The number of hydrogen-bond acceptors (Lipinski definition) is 3. The molecule has 4 rings (SSSR count). The molecule has 0 saturated heterocycles. The summed E-state index contributed by atoms with van der Waals surface area (Å²) in [5.74, 6) is 1.32. The molecular weight excluding hydrogens is 336 g/mol. The number of nitrogens with zero attached hydrogens (tertiary/aromatic N) is 2. The number of benzene rings is 2. The SMILES string of the molecule is CC(C)CC(=O)N(C)c1ccc(-c2onc3c2CCc2ccccc2-3)cc1. The van der Waals surface area contributed by atoms with Crippen molar-refractivity contribution in [2.24, 2.45) is 5.92 Å². The lowest BCUT2D eigenvalue weighted by atomic mass is 9.88. The first-order valence-electron chi connectivity index (χ1n) is 9.48. The summed E-state index contributed by atoms with van der Waals surface area (Å²) in [5.41, 5.74) is 6.51. The van der Waals surface area contributed by atoms with E-state index in [1.54, 1.807) is 4.90 Å². The molecule has 4 nitrogen and oxygen atoms in total. The second-order valence-corrected chi connectivity index (χ2v) is 7.59. The number of aryl methyl sites for hydroxylation is 1. The molecule has 0 atom stereocenters. The quantitative estimate of drug-likeness (QED) is 0.649. The average Bonchev–Trinajstić information content (AvgIpc) is 3.11. The molecule has 0 bridgehead atoms. The van der Waals surface area contributed by atoms with Crippen LogP contribution in [-0.2, 0) is 17.6 Å². The van der Waals surface area contributed by atoms with E-state index in [0.717, 1.165) is 35.5 Å². The first-order valence-corrected chi connectivity index (χ1v) is 9.48. The van der Waals surface area contributed by atoms with Crippen LogP contribution in [0.4, 0.5) is 5.69 Å². The molecule has 0 unspecified atom stereocenters. The minimum Gasteiger partial charge on any atom is -0.355 e. The number of amides is 1. The normalized spacial score (nSPS) is 12.6. The van der Waals surface area contributed by atoms with Crippen molar-refractivity contribution in [3.8, 4) is 22.6 Å². The van der Waals surface area contributed by atoms with Crippen molar-refractivity contribution in [3.63, 3.8) is 0 Å². The third-order valence-corrected chi connectivity index (χ3v) is 5.18. The third kappa shape index (κ3) is 3.27. The number of carbonyl (C=O) groups excluding carboxylic acids is 1. The molecular formula is C23H24N2O2. The summed E-state index contributed by atoms with van der Waals surface area (Å²) >= 11 is 0. The van der Waals surface area contributed by atoms with E-state index in [1.165, 1.54) is 16.7 Å². The van der Waals surface area contributed by atoms with Crippen LogP contribution in [0.1, 0.15) is 31.4 Å². The van der Waals surface area contributed by atoms with Crippen molar-refractivity contribution in [1.82, 2.24) is 5.16 Å². The van der Waals surface area contributed by atoms with Crippen molar-refractivity contribution in [2.45, 2.75) is 33.1 Å². The minimum absolute atomic E-state index is 0.131. The smallest absolute Gasteiger partial charge is 0.226 e. The van der Waals surface area contributed by atoms with E-state index in [2.05, 4.69) is 37.2 Å². The summed E-state index contributed by atoms with van der Waals surface area (Å²) in [4.78, 5) is 14.0. The molecule has 0 spiro atoms. The second-order valence-electron chi connectivity index (χ2n) is 7.59. The molecule has 0 aliphatic heterocycles. The lowest BCUT2D eigenvalue weighted by Crippen LogP contribution is -2.27. The second kappa shape index (κ2) is 7.03. The van der Waals surface area contributed by atoms with Crippen LogP contribution in [0.5, 0.6) is 0 Å². The summed E-state index contributed by atoms with van der Waals surface area (Å²) in [6.45, 7) is 4.11. The van der Waals surface area contributed by atoms with Gasteiger partial charge in [0.15, 0.2) is 5.76 Å². The van der Waals surface area contributed by atoms with Gasteiger partial charge >= 0.3 is 0 Å². The molecule has 138 valence electrons. The lowest BCUT2D eigenvalue weighted by Gasteiger charge is -2.19. The van der Waals surface area contributed by atoms with Gasteiger partial charge in [0.25, 0.3) is 0 Å². The summed E-state index contributed by atoms with van der Waals surface area (Å²) in [5, 5.41) is 4.35. The highest BCUT2D eigenvalue weighted by atomic mass is 16.5. The maximum Gasteiger partial charge on any atom is 0.226 e. The van der Waals surface area contributed by atoms with Gasteiger partial charge in [0, 0.05) is 35.8 Å². The van der Waals surface area contributed by atoms with Crippen LogP contribution >= 0.6 is 0 Å². The summed E-state index contributed by atoms with van der Waals surface area (Å²) in [7, 11) is 1.83. The largest absolute Gasteiger partial charge is 0.355 e. The van der Waals surface area contributed by atoms with E-state index in [4.69, 9.17) is 4.52 Å². The standard InChI is InChI=1S/C23H24N2O2/c1-15(2)14-21(26)25(3)18-11-8-17(9-12-18)23-20-13-10-16-6-4-5-7-19(16)22(20)24-27-23/h4-9,11-12,15H,10,13-14H2,1-3H3. The molecule has 0 saturated carbocycles. The van der Waals surface area contributed by atoms with E-state index in [0.29, 0.717) is 12.3 Å². The maximum absolute atomic E-state index is 12.3. The van der Waals surface area contributed by atoms with Crippen LogP contribution in [0.2, 0.25) is 0 Å². The van der Waals surface area contributed by atoms with Crippen LogP contribution < -0.4 is 4.90 Å². The van der Waals surface area contributed by atoms with Gasteiger partial charge in [0.2, 0.25) is 5.91 Å². The zero-order valence-corrected chi connectivity index (χ0v) is 16.0. The first-order chi connectivity index (χ1) is 13.0. The number of rotatable bonds is 4. The van der Waals surface area contributed by atoms with Gasteiger partial charge in [-0.05, 0) is 48.6 Å². The van der Waals surface area contributed by atoms with Gasteiger partial charge < -0.3 is 9.42 Å². The summed E-state index contributed by atoms with van der Waals surface area (Å²) in [6, 6.07) is 16.3. The van der Waals surface area contributed by atoms with Crippen molar-refractivity contribution >= 4 is 11.6 Å². The number of aromatic nitrogens is 1. The average molecular weight is 360 g/mol. The van der Waals surface area contributed by atoms with Crippen LogP contribution in [0.25, 0.3) is 22.6 Å². The van der Waals surface area contributed by atoms with E-state index in [-0.39, 0.29) is 5.91 Å². The van der Waals surface area contributed by atoms with Crippen LogP contribution in [0.3, 0.4) is 0 Å². The summed E-state index contributed by atoms with van der Waals surface area (Å²) in [6.07, 6.45) is 2.48. The zero-order valence-electron chi connectivity index (χ0n) is 16.0. The molecule has 27 heavy (non-hydrogen) atoms. The molecule has 2 aromatic carbocycles. The summed E-state index contributed by atoms with van der Waals surface area (Å²) < 4.78 is 5.73. The lowest BCUT2D eigenvalue weighted by molar-refractivity contribution is -0.119. The molecule has 1 aliphatic carbocycles.